The Hall–Kier alpha value is -2.10. The van der Waals surface area contributed by atoms with Crippen molar-refractivity contribution in [2.75, 3.05) is 24.7 Å². The molecule has 1 heterocycles. The van der Waals surface area contributed by atoms with Gasteiger partial charge in [-0.1, -0.05) is 0 Å². The summed E-state index contributed by atoms with van der Waals surface area (Å²) in [5, 5.41) is 3.29. The number of anilines is 2. The first kappa shape index (κ1) is 11.4. The van der Waals surface area contributed by atoms with Crippen LogP contribution in [0.25, 0.3) is 0 Å². The van der Waals surface area contributed by atoms with Gasteiger partial charge in [-0.15, -0.1) is 0 Å². The summed E-state index contributed by atoms with van der Waals surface area (Å²) in [5.41, 5.74) is 7.37. The number of methoxy groups -OCH3 is 1. The van der Waals surface area contributed by atoms with Crippen LogP contribution in [0, 0.1) is 0 Å². The lowest BCUT2D eigenvalue weighted by Crippen LogP contribution is -2.04. The van der Waals surface area contributed by atoms with Gasteiger partial charge in [-0.2, -0.15) is 0 Å². The average Bonchev–Trinajstić information content (AvgIpc) is 2.84. The highest BCUT2D eigenvalue weighted by Crippen LogP contribution is 2.24. The molecule has 90 valence electrons. The van der Waals surface area contributed by atoms with Crippen molar-refractivity contribution in [2.45, 2.75) is 6.42 Å². The molecule has 0 atom stereocenters. The molecule has 0 aliphatic heterocycles. The monoisotopic (exact) mass is 232 g/mol. The predicted molar refractivity (Wildman–Crippen MR) is 68.3 cm³/mol. The van der Waals surface area contributed by atoms with Crippen LogP contribution >= 0.6 is 0 Å². The first-order chi connectivity index (χ1) is 8.29. The Balaban J connectivity index is 1.90. The van der Waals surface area contributed by atoms with Crippen LogP contribution in [0.5, 0.6) is 5.75 Å². The van der Waals surface area contributed by atoms with Crippen LogP contribution in [-0.4, -0.2) is 13.7 Å². The van der Waals surface area contributed by atoms with Crippen molar-refractivity contribution >= 4 is 11.4 Å². The van der Waals surface area contributed by atoms with Crippen molar-refractivity contribution in [3.63, 3.8) is 0 Å². The standard InChI is InChI=1S/C13H16N2O2/c1-16-13-9-10(4-5-12(13)14)15-7-6-11-3-2-8-17-11/h2-5,8-9,15H,6-7,14H2,1H3. The molecular formula is C13H16N2O2. The Labute approximate surface area is 100 Å². The number of benzene rings is 1. The van der Waals surface area contributed by atoms with Gasteiger partial charge in [0.25, 0.3) is 0 Å². The first-order valence-electron chi connectivity index (χ1n) is 5.49. The molecule has 2 rings (SSSR count). The van der Waals surface area contributed by atoms with E-state index in [9.17, 15) is 0 Å². The van der Waals surface area contributed by atoms with E-state index in [2.05, 4.69) is 5.32 Å². The second-order valence-electron chi connectivity index (χ2n) is 3.71. The minimum Gasteiger partial charge on any atom is -0.495 e. The van der Waals surface area contributed by atoms with Gasteiger partial charge >= 0.3 is 0 Å². The number of rotatable bonds is 5. The molecule has 0 unspecified atom stereocenters. The van der Waals surface area contributed by atoms with E-state index in [4.69, 9.17) is 14.9 Å². The van der Waals surface area contributed by atoms with Crippen molar-refractivity contribution in [3.8, 4) is 5.75 Å². The Morgan fingerprint density at radius 2 is 2.24 bits per heavy atom. The molecule has 4 heteroatoms. The highest BCUT2D eigenvalue weighted by Gasteiger charge is 2.01. The van der Waals surface area contributed by atoms with E-state index >= 15 is 0 Å². The van der Waals surface area contributed by atoms with Crippen molar-refractivity contribution in [3.05, 3.63) is 42.4 Å². The Morgan fingerprint density at radius 1 is 1.35 bits per heavy atom. The molecular weight excluding hydrogens is 216 g/mol. The van der Waals surface area contributed by atoms with E-state index in [1.54, 1.807) is 13.4 Å². The molecule has 0 fully saturated rings. The van der Waals surface area contributed by atoms with Crippen molar-refractivity contribution in [1.82, 2.24) is 0 Å². The number of nitrogen functional groups attached to an aromatic ring is 1. The van der Waals surface area contributed by atoms with Crippen LogP contribution in [-0.2, 0) is 6.42 Å². The lowest BCUT2D eigenvalue weighted by molar-refractivity contribution is 0.417. The Bertz CT molecular complexity index is 466. The normalized spacial score (nSPS) is 10.2. The third kappa shape index (κ3) is 2.93. The Kier molecular flexibility index (Phi) is 3.55. The fourth-order valence-corrected chi connectivity index (χ4v) is 1.61. The maximum Gasteiger partial charge on any atom is 0.143 e. The van der Waals surface area contributed by atoms with Crippen LogP contribution in [0.3, 0.4) is 0 Å². The summed E-state index contributed by atoms with van der Waals surface area (Å²) >= 11 is 0. The van der Waals surface area contributed by atoms with Gasteiger partial charge in [-0.25, -0.2) is 0 Å². The first-order valence-corrected chi connectivity index (χ1v) is 5.49. The summed E-state index contributed by atoms with van der Waals surface area (Å²) in [6.07, 6.45) is 2.53. The molecule has 0 bridgehead atoms. The van der Waals surface area contributed by atoms with E-state index < -0.39 is 0 Å². The summed E-state index contributed by atoms with van der Waals surface area (Å²) in [6.45, 7) is 0.806. The molecule has 0 spiro atoms. The number of nitrogens with two attached hydrogens (primary N) is 1. The molecule has 0 aliphatic carbocycles. The molecule has 0 amide bonds. The van der Waals surface area contributed by atoms with Gasteiger partial charge in [-0.05, 0) is 24.3 Å². The average molecular weight is 232 g/mol. The highest BCUT2D eigenvalue weighted by atomic mass is 16.5. The van der Waals surface area contributed by atoms with E-state index in [1.807, 2.05) is 30.3 Å². The van der Waals surface area contributed by atoms with Crippen molar-refractivity contribution in [2.24, 2.45) is 0 Å². The van der Waals surface area contributed by atoms with Crippen LogP contribution in [0.1, 0.15) is 5.76 Å². The molecule has 1 aromatic carbocycles. The summed E-state index contributed by atoms with van der Waals surface area (Å²) in [4.78, 5) is 0. The third-order valence-electron chi connectivity index (χ3n) is 2.51. The van der Waals surface area contributed by atoms with Gasteiger partial charge in [-0.3, -0.25) is 0 Å². The number of hydrogen-bond donors (Lipinski definition) is 2. The zero-order valence-corrected chi connectivity index (χ0v) is 9.77. The smallest absolute Gasteiger partial charge is 0.143 e. The van der Waals surface area contributed by atoms with Gasteiger partial charge in [0, 0.05) is 24.7 Å². The SMILES string of the molecule is COc1cc(NCCc2ccco2)ccc1N. The van der Waals surface area contributed by atoms with Crippen LogP contribution < -0.4 is 15.8 Å². The molecule has 2 aromatic rings. The minimum absolute atomic E-state index is 0.643. The summed E-state index contributed by atoms with van der Waals surface area (Å²) < 4.78 is 10.4. The maximum absolute atomic E-state index is 5.74. The van der Waals surface area contributed by atoms with E-state index in [1.165, 1.54) is 0 Å². The van der Waals surface area contributed by atoms with Gasteiger partial charge in [0.1, 0.15) is 11.5 Å². The number of furan rings is 1. The molecule has 0 saturated heterocycles. The second kappa shape index (κ2) is 5.30. The quantitative estimate of drug-likeness (QED) is 0.778. The topological polar surface area (TPSA) is 60.4 Å². The zero-order chi connectivity index (χ0) is 12.1. The maximum atomic E-state index is 5.74. The largest absolute Gasteiger partial charge is 0.495 e. The van der Waals surface area contributed by atoms with E-state index in [0.29, 0.717) is 11.4 Å². The Morgan fingerprint density at radius 3 is 2.94 bits per heavy atom. The molecule has 0 saturated carbocycles. The number of ether oxygens (including phenoxy) is 1. The minimum atomic E-state index is 0.643. The van der Waals surface area contributed by atoms with Gasteiger partial charge < -0.3 is 20.2 Å². The van der Waals surface area contributed by atoms with Gasteiger partial charge in [0.2, 0.25) is 0 Å². The molecule has 0 aliphatic rings. The summed E-state index contributed by atoms with van der Waals surface area (Å²) in [5.74, 6) is 1.66. The van der Waals surface area contributed by atoms with Crippen LogP contribution in [0.2, 0.25) is 0 Å². The van der Waals surface area contributed by atoms with Crippen LogP contribution in [0.15, 0.2) is 41.0 Å². The van der Waals surface area contributed by atoms with Gasteiger partial charge in [0.15, 0.2) is 0 Å². The van der Waals surface area contributed by atoms with Crippen LogP contribution in [0.4, 0.5) is 11.4 Å². The van der Waals surface area contributed by atoms with E-state index in [0.717, 1.165) is 24.4 Å². The van der Waals surface area contributed by atoms with Crippen molar-refractivity contribution < 1.29 is 9.15 Å². The summed E-state index contributed by atoms with van der Waals surface area (Å²) in [7, 11) is 1.61. The zero-order valence-electron chi connectivity index (χ0n) is 9.77. The number of nitrogens with one attached hydrogen (secondary N) is 1. The van der Waals surface area contributed by atoms with Crippen molar-refractivity contribution in [1.29, 1.82) is 0 Å². The summed E-state index contributed by atoms with van der Waals surface area (Å²) in [6, 6.07) is 9.50. The lowest BCUT2D eigenvalue weighted by atomic mass is 10.2. The van der Waals surface area contributed by atoms with E-state index in [-0.39, 0.29) is 0 Å². The second-order valence-corrected chi connectivity index (χ2v) is 3.71. The fourth-order valence-electron chi connectivity index (χ4n) is 1.61. The molecule has 17 heavy (non-hydrogen) atoms. The predicted octanol–water partition coefficient (Wildman–Crippen LogP) is 2.52. The molecule has 1 aromatic heterocycles. The molecule has 0 radical (unpaired) electrons. The fraction of sp³-hybridized carbons (Fsp3) is 0.231. The molecule has 4 nitrogen and oxygen atoms in total. The number of hydrogen-bond acceptors (Lipinski definition) is 4. The molecule has 3 N–H and O–H groups in total. The third-order valence-corrected chi connectivity index (χ3v) is 2.51. The van der Waals surface area contributed by atoms with Gasteiger partial charge in [0.05, 0.1) is 19.1 Å². The lowest BCUT2D eigenvalue weighted by Gasteiger charge is -2.09. The highest BCUT2D eigenvalue weighted by molar-refractivity contribution is 5.61.